The summed E-state index contributed by atoms with van der Waals surface area (Å²) in [7, 11) is 1.55. The van der Waals surface area contributed by atoms with Crippen LogP contribution in [0.1, 0.15) is 24.9 Å². The number of furan rings is 1. The Kier molecular flexibility index (Phi) is 3.52. The second-order valence-corrected chi connectivity index (χ2v) is 3.79. The van der Waals surface area contributed by atoms with Gasteiger partial charge < -0.3 is 14.3 Å². The van der Waals surface area contributed by atoms with Gasteiger partial charge in [0.2, 0.25) is 0 Å². The highest BCUT2D eigenvalue weighted by Gasteiger charge is 2.37. The molecule has 4 nitrogen and oxygen atoms in total. The maximum Gasteiger partial charge on any atom is 0.317 e. The molecule has 0 spiro atoms. The Balaban J connectivity index is 2.95. The average molecular weight is 212 g/mol. The molecule has 0 amide bonds. The highest BCUT2D eigenvalue weighted by molar-refractivity contribution is 5.79. The lowest BCUT2D eigenvalue weighted by atomic mass is 9.84. The second-order valence-electron chi connectivity index (χ2n) is 3.79. The van der Waals surface area contributed by atoms with Gasteiger partial charge in [0.25, 0.3) is 0 Å². The van der Waals surface area contributed by atoms with Crippen molar-refractivity contribution in [2.24, 2.45) is 0 Å². The molecule has 0 aromatic carbocycles. The molecule has 1 aromatic heterocycles. The van der Waals surface area contributed by atoms with Gasteiger partial charge in [-0.25, -0.2) is 0 Å². The van der Waals surface area contributed by atoms with Crippen molar-refractivity contribution in [3.05, 3.63) is 23.7 Å². The Morgan fingerprint density at radius 1 is 1.60 bits per heavy atom. The number of carboxylic acid groups (broad SMARTS) is 1. The summed E-state index contributed by atoms with van der Waals surface area (Å²) in [5.41, 5.74) is -1.01. The van der Waals surface area contributed by atoms with Crippen LogP contribution in [0.25, 0.3) is 0 Å². The Hall–Kier alpha value is -1.29. The molecule has 1 heterocycles. The molecule has 0 fully saturated rings. The van der Waals surface area contributed by atoms with Crippen LogP contribution in [0.15, 0.2) is 16.5 Å². The van der Waals surface area contributed by atoms with E-state index in [0.717, 1.165) is 5.76 Å². The van der Waals surface area contributed by atoms with E-state index in [1.54, 1.807) is 33.1 Å². The molecule has 0 saturated heterocycles. The monoisotopic (exact) mass is 212 g/mol. The van der Waals surface area contributed by atoms with Crippen LogP contribution in [0.3, 0.4) is 0 Å². The van der Waals surface area contributed by atoms with E-state index in [1.807, 2.05) is 0 Å². The fourth-order valence-corrected chi connectivity index (χ4v) is 1.37. The largest absolute Gasteiger partial charge is 0.480 e. The highest BCUT2D eigenvalue weighted by Crippen LogP contribution is 2.29. The van der Waals surface area contributed by atoms with E-state index in [1.165, 1.54) is 0 Å². The Morgan fingerprint density at radius 2 is 2.27 bits per heavy atom. The average Bonchev–Trinajstić information content (AvgIpc) is 2.61. The maximum absolute atomic E-state index is 11.2. The van der Waals surface area contributed by atoms with E-state index in [4.69, 9.17) is 9.15 Å². The van der Waals surface area contributed by atoms with Crippen LogP contribution < -0.4 is 0 Å². The molecule has 1 N–H and O–H groups in total. The molecule has 1 atom stereocenters. The van der Waals surface area contributed by atoms with Gasteiger partial charge in [-0.3, -0.25) is 4.79 Å². The number of ether oxygens (including phenoxy) is 1. The van der Waals surface area contributed by atoms with Gasteiger partial charge in [0, 0.05) is 13.7 Å². The van der Waals surface area contributed by atoms with Crippen LogP contribution in [0.5, 0.6) is 0 Å². The van der Waals surface area contributed by atoms with E-state index in [-0.39, 0.29) is 0 Å². The van der Waals surface area contributed by atoms with Crippen LogP contribution in [0.2, 0.25) is 0 Å². The molecule has 0 aliphatic heterocycles. The number of rotatable bonds is 5. The topological polar surface area (TPSA) is 59.7 Å². The fraction of sp³-hybridized carbons (Fsp3) is 0.545. The Morgan fingerprint density at radius 3 is 2.67 bits per heavy atom. The summed E-state index contributed by atoms with van der Waals surface area (Å²) in [5, 5.41) is 9.21. The van der Waals surface area contributed by atoms with Gasteiger partial charge in [-0.1, -0.05) is 0 Å². The van der Waals surface area contributed by atoms with Crippen molar-refractivity contribution in [3.8, 4) is 0 Å². The van der Waals surface area contributed by atoms with E-state index in [2.05, 4.69) is 0 Å². The molecular formula is C11H16O4. The molecule has 0 radical (unpaired) electrons. The minimum Gasteiger partial charge on any atom is -0.480 e. The molecule has 1 rings (SSSR count). The summed E-state index contributed by atoms with van der Waals surface area (Å²) in [6, 6.07) is 3.47. The molecule has 0 aliphatic rings. The third-order valence-electron chi connectivity index (χ3n) is 2.56. The lowest BCUT2D eigenvalue weighted by Gasteiger charge is -2.21. The summed E-state index contributed by atoms with van der Waals surface area (Å²) in [5.74, 6) is 0.299. The van der Waals surface area contributed by atoms with Gasteiger partial charge in [-0.15, -0.1) is 0 Å². The summed E-state index contributed by atoms with van der Waals surface area (Å²) >= 11 is 0. The zero-order valence-corrected chi connectivity index (χ0v) is 9.24. The molecule has 0 saturated carbocycles. The van der Waals surface area contributed by atoms with Crippen molar-refractivity contribution in [3.63, 3.8) is 0 Å². The summed E-state index contributed by atoms with van der Waals surface area (Å²) in [6.07, 6.45) is 0.395. The van der Waals surface area contributed by atoms with Gasteiger partial charge in [-0.05, 0) is 32.4 Å². The molecule has 4 heteroatoms. The minimum atomic E-state index is -1.01. The lowest BCUT2D eigenvalue weighted by Crippen LogP contribution is -2.33. The Labute approximate surface area is 88.8 Å². The minimum absolute atomic E-state index is 0.391. The maximum atomic E-state index is 11.2. The van der Waals surface area contributed by atoms with Gasteiger partial charge in [0.05, 0.1) is 0 Å². The molecule has 84 valence electrons. The van der Waals surface area contributed by atoms with E-state index in [0.29, 0.717) is 18.8 Å². The number of aliphatic carboxylic acids is 1. The van der Waals surface area contributed by atoms with Crippen LogP contribution in [-0.2, 0) is 14.9 Å². The number of aryl methyl sites for hydroxylation is 1. The first-order chi connectivity index (χ1) is 7.00. The number of hydrogen-bond donors (Lipinski definition) is 1. The van der Waals surface area contributed by atoms with E-state index in [9.17, 15) is 9.90 Å². The van der Waals surface area contributed by atoms with Crippen molar-refractivity contribution < 1.29 is 19.1 Å². The molecule has 0 bridgehead atoms. The van der Waals surface area contributed by atoms with E-state index < -0.39 is 11.4 Å². The lowest BCUT2D eigenvalue weighted by molar-refractivity contribution is -0.144. The van der Waals surface area contributed by atoms with Gasteiger partial charge in [0.15, 0.2) is 0 Å². The summed E-state index contributed by atoms with van der Waals surface area (Å²) in [6.45, 7) is 3.83. The molecule has 0 aliphatic carbocycles. The van der Waals surface area contributed by atoms with Crippen LogP contribution in [-0.4, -0.2) is 24.8 Å². The third-order valence-corrected chi connectivity index (χ3v) is 2.56. The highest BCUT2D eigenvalue weighted by atomic mass is 16.5. The first kappa shape index (κ1) is 11.8. The summed E-state index contributed by atoms with van der Waals surface area (Å²) in [4.78, 5) is 11.2. The molecule has 15 heavy (non-hydrogen) atoms. The molecular weight excluding hydrogens is 196 g/mol. The number of methoxy groups -OCH3 is 1. The number of carboxylic acids is 1. The Bertz CT molecular complexity index is 342. The van der Waals surface area contributed by atoms with Crippen LogP contribution >= 0.6 is 0 Å². The summed E-state index contributed by atoms with van der Waals surface area (Å²) < 4.78 is 10.3. The van der Waals surface area contributed by atoms with Crippen molar-refractivity contribution in [1.82, 2.24) is 0 Å². The van der Waals surface area contributed by atoms with E-state index >= 15 is 0 Å². The first-order valence-corrected chi connectivity index (χ1v) is 4.80. The normalized spacial score (nSPS) is 14.9. The zero-order chi connectivity index (χ0) is 11.5. The predicted octanol–water partition coefficient (Wildman–Crippen LogP) is 1.97. The van der Waals surface area contributed by atoms with Crippen molar-refractivity contribution in [2.75, 3.05) is 13.7 Å². The molecule has 1 aromatic rings. The molecule has 1 unspecified atom stereocenters. The quantitative estimate of drug-likeness (QED) is 0.810. The van der Waals surface area contributed by atoms with Gasteiger partial charge >= 0.3 is 5.97 Å². The standard InChI is InChI=1S/C11H16O4/c1-8-4-5-9(15-8)11(2,10(12)13)6-7-14-3/h4-5H,6-7H2,1-3H3,(H,12,13). The zero-order valence-electron chi connectivity index (χ0n) is 9.24. The second kappa shape index (κ2) is 4.49. The van der Waals surface area contributed by atoms with Crippen LogP contribution in [0.4, 0.5) is 0 Å². The first-order valence-electron chi connectivity index (χ1n) is 4.80. The number of carbonyl (C=O) groups is 1. The van der Waals surface area contributed by atoms with Crippen molar-refractivity contribution in [2.45, 2.75) is 25.7 Å². The third kappa shape index (κ3) is 2.39. The SMILES string of the molecule is COCCC(C)(C(=O)O)c1ccc(C)o1. The van der Waals surface area contributed by atoms with Crippen molar-refractivity contribution >= 4 is 5.97 Å². The van der Waals surface area contributed by atoms with Crippen LogP contribution in [0, 0.1) is 6.92 Å². The van der Waals surface area contributed by atoms with Gasteiger partial charge in [-0.2, -0.15) is 0 Å². The smallest absolute Gasteiger partial charge is 0.317 e. The van der Waals surface area contributed by atoms with Gasteiger partial charge in [0.1, 0.15) is 16.9 Å². The number of hydrogen-bond acceptors (Lipinski definition) is 3. The predicted molar refractivity (Wildman–Crippen MR) is 54.9 cm³/mol. The van der Waals surface area contributed by atoms with Crippen molar-refractivity contribution in [1.29, 1.82) is 0 Å². The fourth-order valence-electron chi connectivity index (χ4n) is 1.37.